The van der Waals surface area contributed by atoms with Gasteiger partial charge in [0, 0.05) is 10.1 Å². The molecular formula is C19H9ClF3N3OS. The molecule has 2 aromatic carbocycles. The van der Waals surface area contributed by atoms with Gasteiger partial charge in [0.15, 0.2) is 11.7 Å². The van der Waals surface area contributed by atoms with Gasteiger partial charge in [0.1, 0.15) is 5.82 Å². The van der Waals surface area contributed by atoms with E-state index in [0.29, 0.717) is 16.4 Å². The van der Waals surface area contributed by atoms with Crippen LogP contribution in [0.15, 0.2) is 42.5 Å². The Morgan fingerprint density at radius 1 is 1.25 bits per heavy atom. The van der Waals surface area contributed by atoms with E-state index in [1.54, 1.807) is 24.3 Å². The Hall–Kier alpha value is -2.89. The van der Waals surface area contributed by atoms with Crippen LogP contribution in [0.5, 0.6) is 0 Å². The van der Waals surface area contributed by atoms with Gasteiger partial charge in [0.25, 0.3) is 0 Å². The Bertz CT molecular complexity index is 1240. The lowest BCUT2D eigenvalue weighted by Crippen LogP contribution is -2.11. The Labute approximate surface area is 165 Å². The zero-order valence-electron chi connectivity index (χ0n) is 13.8. The summed E-state index contributed by atoms with van der Waals surface area (Å²) in [6.45, 7) is 0. The number of nitriles is 1. The first-order chi connectivity index (χ1) is 13.3. The molecule has 0 spiro atoms. The number of thiophene rings is 1. The van der Waals surface area contributed by atoms with Gasteiger partial charge < -0.3 is 4.98 Å². The van der Waals surface area contributed by atoms with Crippen molar-refractivity contribution >= 4 is 49.8 Å². The number of hydrogen-bond acceptors (Lipinski definition) is 4. The number of halogens is 4. The summed E-state index contributed by atoms with van der Waals surface area (Å²) in [5, 5.41) is 9.91. The van der Waals surface area contributed by atoms with E-state index in [4.69, 9.17) is 11.6 Å². The summed E-state index contributed by atoms with van der Waals surface area (Å²) in [6, 6.07) is 12.1. The minimum absolute atomic E-state index is 0.0306. The van der Waals surface area contributed by atoms with Crippen LogP contribution in [0.1, 0.15) is 27.0 Å². The second-order valence-electron chi connectivity index (χ2n) is 6.02. The van der Waals surface area contributed by atoms with Gasteiger partial charge in [-0.2, -0.15) is 18.4 Å². The third kappa shape index (κ3) is 3.03. The molecule has 0 fully saturated rings. The third-order valence-electron chi connectivity index (χ3n) is 4.25. The molecule has 4 rings (SSSR count). The largest absolute Gasteiger partial charge is 0.416 e. The van der Waals surface area contributed by atoms with Crippen molar-refractivity contribution in [3.05, 3.63) is 63.8 Å². The summed E-state index contributed by atoms with van der Waals surface area (Å²) in [5.74, 6) is -1.69. The lowest BCUT2D eigenvalue weighted by atomic mass is 10.0. The minimum atomic E-state index is -4.50. The van der Waals surface area contributed by atoms with Crippen LogP contribution in [0, 0.1) is 11.3 Å². The van der Waals surface area contributed by atoms with Gasteiger partial charge in [-0.05, 0) is 24.3 Å². The number of hydrogen-bond donors (Lipinski definition) is 1. The van der Waals surface area contributed by atoms with E-state index in [1.807, 2.05) is 6.07 Å². The van der Waals surface area contributed by atoms with Crippen molar-refractivity contribution in [2.75, 3.05) is 0 Å². The van der Waals surface area contributed by atoms with Crippen LogP contribution in [0.2, 0.25) is 5.02 Å². The molecule has 1 N–H and O–H groups in total. The first-order valence-electron chi connectivity index (χ1n) is 7.97. The van der Waals surface area contributed by atoms with Crippen LogP contribution in [-0.4, -0.2) is 15.8 Å². The number of aromatic nitrogens is 2. The number of carbonyl (C=O) groups excluding carboxylic acids is 1. The fraction of sp³-hybridized carbons (Fsp3) is 0.105. The van der Waals surface area contributed by atoms with Crippen LogP contribution < -0.4 is 0 Å². The molecule has 0 bridgehead atoms. The molecule has 1 atom stereocenters. The lowest BCUT2D eigenvalue weighted by Gasteiger charge is -2.05. The van der Waals surface area contributed by atoms with Crippen LogP contribution in [0.4, 0.5) is 13.2 Å². The van der Waals surface area contributed by atoms with E-state index in [0.717, 1.165) is 23.5 Å². The molecule has 0 amide bonds. The normalized spacial score (nSPS) is 13.0. The van der Waals surface area contributed by atoms with Crippen molar-refractivity contribution < 1.29 is 18.0 Å². The number of benzene rings is 2. The topological polar surface area (TPSA) is 69.5 Å². The van der Waals surface area contributed by atoms with Crippen molar-refractivity contribution in [1.82, 2.24) is 9.97 Å². The van der Waals surface area contributed by atoms with Gasteiger partial charge in [-0.1, -0.05) is 29.8 Å². The molecule has 140 valence electrons. The molecule has 2 aromatic heterocycles. The van der Waals surface area contributed by atoms with Crippen molar-refractivity contribution in [3.63, 3.8) is 0 Å². The summed E-state index contributed by atoms with van der Waals surface area (Å²) in [6.07, 6.45) is -4.50. The number of H-pyrrole nitrogens is 1. The predicted octanol–water partition coefficient (Wildman–Crippen LogP) is 5.94. The number of carbonyl (C=O) groups is 1. The van der Waals surface area contributed by atoms with Crippen molar-refractivity contribution in [2.24, 2.45) is 0 Å². The van der Waals surface area contributed by atoms with E-state index in [1.165, 1.54) is 6.07 Å². The zero-order valence-corrected chi connectivity index (χ0v) is 15.4. The van der Waals surface area contributed by atoms with Gasteiger partial charge in [-0.3, -0.25) is 4.79 Å². The molecular weight excluding hydrogens is 411 g/mol. The van der Waals surface area contributed by atoms with Crippen molar-refractivity contribution in [3.8, 4) is 6.07 Å². The maximum atomic E-state index is 12.9. The fourth-order valence-corrected chi connectivity index (χ4v) is 4.42. The highest BCUT2D eigenvalue weighted by Crippen LogP contribution is 2.40. The Morgan fingerprint density at radius 2 is 2.00 bits per heavy atom. The lowest BCUT2D eigenvalue weighted by molar-refractivity contribution is -0.137. The predicted molar refractivity (Wildman–Crippen MR) is 101 cm³/mol. The fourth-order valence-electron chi connectivity index (χ4n) is 2.88. The molecule has 4 aromatic rings. The maximum Gasteiger partial charge on any atom is 0.416 e. The minimum Gasteiger partial charge on any atom is -0.340 e. The molecule has 2 heterocycles. The van der Waals surface area contributed by atoms with Gasteiger partial charge in [0.05, 0.1) is 32.6 Å². The molecule has 9 heteroatoms. The monoisotopic (exact) mass is 419 g/mol. The van der Waals surface area contributed by atoms with Gasteiger partial charge in [0.2, 0.25) is 0 Å². The molecule has 28 heavy (non-hydrogen) atoms. The summed E-state index contributed by atoms with van der Waals surface area (Å²) in [5.41, 5.74) is 0.441. The Morgan fingerprint density at radius 3 is 2.68 bits per heavy atom. The number of nitrogens with one attached hydrogen (secondary N) is 1. The summed E-state index contributed by atoms with van der Waals surface area (Å²) in [4.78, 5) is 20.2. The van der Waals surface area contributed by atoms with Crippen molar-refractivity contribution in [1.29, 1.82) is 5.26 Å². The number of aromatic amines is 1. The second-order valence-corrected chi connectivity index (χ2v) is 7.45. The van der Waals surface area contributed by atoms with Crippen LogP contribution in [0.25, 0.3) is 21.1 Å². The standard InChI is InChI=1S/C19H9ClF3N3OS/c20-15-10-6-5-9(19(21,22)23)7-14(10)28-17(15)16(27)11(8-24)18-25-12-3-1-2-4-13(12)26-18/h1-7,11H,(H,25,26)/t11-/m0/s1. The van der Waals surface area contributed by atoms with E-state index in [9.17, 15) is 23.2 Å². The molecule has 4 nitrogen and oxygen atoms in total. The highest BCUT2D eigenvalue weighted by atomic mass is 35.5. The Kier molecular flexibility index (Phi) is 4.37. The number of rotatable bonds is 3. The van der Waals surface area contributed by atoms with E-state index in [-0.39, 0.29) is 20.4 Å². The molecule has 0 aliphatic heterocycles. The summed E-state index contributed by atoms with van der Waals surface area (Å²) < 4.78 is 39.0. The van der Waals surface area contributed by atoms with Crippen molar-refractivity contribution in [2.45, 2.75) is 12.1 Å². The number of fused-ring (bicyclic) bond motifs is 2. The number of ketones is 1. The van der Waals surface area contributed by atoms with E-state index < -0.39 is 23.4 Å². The van der Waals surface area contributed by atoms with E-state index >= 15 is 0 Å². The molecule has 0 radical (unpaired) electrons. The van der Waals surface area contributed by atoms with E-state index in [2.05, 4.69) is 9.97 Å². The molecule has 0 unspecified atom stereocenters. The van der Waals surface area contributed by atoms with Gasteiger partial charge in [-0.25, -0.2) is 4.98 Å². The van der Waals surface area contributed by atoms with Gasteiger partial charge >= 0.3 is 6.18 Å². The molecule has 0 saturated heterocycles. The van der Waals surface area contributed by atoms with Crippen LogP contribution in [-0.2, 0) is 6.18 Å². The third-order valence-corrected chi connectivity index (χ3v) is 5.92. The average molecular weight is 420 g/mol. The number of nitrogens with zero attached hydrogens (tertiary/aromatic N) is 2. The van der Waals surface area contributed by atoms with Crippen LogP contribution in [0.3, 0.4) is 0 Å². The first-order valence-corrected chi connectivity index (χ1v) is 9.16. The number of imidazole rings is 1. The highest BCUT2D eigenvalue weighted by Gasteiger charge is 2.32. The first kappa shape index (κ1) is 18.5. The smallest absolute Gasteiger partial charge is 0.340 e. The highest BCUT2D eigenvalue weighted by molar-refractivity contribution is 7.21. The second kappa shape index (κ2) is 6.62. The number of para-hydroxylation sites is 2. The average Bonchev–Trinajstić information content (AvgIpc) is 3.22. The number of alkyl halides is 3. The SMILES string of the molecule is N#C[C@@H](C(=O)c1sc2cc(C(F)(F)F)ccc2c1Cl)c1nc2ccccc2[nH]1. The maximum absolute atomic E-state index is 12.9. The molecule has 0 saturated carbocycles. The van der Waals surface area contributed by atoms with Crippen LogP contribution >= 0.6 is 22.9 Å². The number of Topliss-reactive ketones (excluding diaryl/α,β-unsaturated/α-hetero) is 1. The Balaban J connectivity index is 1.78. The summed E-state index contributed by atoms with van der Waals surface area (Å²) in [7, 11) is 0. The van der Waals surface area contributed by atoms with Gasteiger partial charge in [-0.15, -0.1) is 11.3 Å². The molecule has 0 aliphatic rings. The quantitative estimate of drug-likeness (QED) is 0.418. The summed E-state index contributed by atoms with van der Waals surface area (Å²) >= 11 is 7.09. The zero-order chi connectivity index (χ0) is 20.1. The molecule has 0 aliphatic carbocycles.